The van der Waals surface area contributed by atoms with Crippen LogP contribution >= 0.6 is 27.3 Å². The number of hydrogen-bond acceptors (Lipinski definition) is 3. The molecule has 2 nitrogen and oxygen atoms in total. The quantitative estimate of drug-likeness (QED) is 0.799. The predicted molar refractivity (Wildman–Crippen MR) is 93.4 cm³/mol. The Morgan fingerprint density at radius 1 is 1.38 bits per heavy atom. The van der Waals surface area contributed by atoms with Crippen LogP contribution in [0, 0.1) is 5.92 Å². The van der Waals surface area contributed by atoms with Gasteiger partial charge in [-0.15, -0.1) is 11.3 Å². The minimum atomic E-state index is -0.208. The van der Waals surface area contributed by atoms with Crippen molar-refractivity contribution in [2.24, 2.45) is 11.7 Å². The van der Waals surface area contributed by atoms with Crippen LogP contribution in [-0.4, -0.2) is 4.98 Å². The summed E-state index contributed by atoms with van der Waals surface area (Å²) in [6.07, 6.45) is 5.88. The smallest absolute Gasteiger partial charge is 0.113 e. The fourth-order valence-corrected chi connectivity index (χ4v) is 4.50. The maximum Gasteiger partial charge on any atom is 0.113 e. The number of aromatic nitrogens is 1. The topological polar surface area (TPSA) is 38.9 Å². The molecule has 1 saturated carbocycles. The fourth-order valence-electron chi connectivity index (χ4n) is 3.10. The van der Waals surface area contributed by atoms with E-state index in [4.69, 9.17) is 10.7 Å². The first-order valence-electron chi connectivity index (χ1n) is 7.61. The van der Waals surface area contributed by atoms with E-state index in [2.05, 4.69) is 40.4 Å². The van der Waals surface area contributed by atoms with Gasteiger partial charge in [0.2, 0.25) is 0 Å². The van der Waals surface area contributed by atoms with Crippen LogP contribution in [0.4, 0.5) is 0 Å². The Labute approximate surface area is 138 Å². The van der Waals surface area contributed by atoms with E-state index < -0.39 is 0 Å². The third-order valence-corrected chi connectivity index (χ3v) is 6.18. The van der Waals surface area contributed by atoms with Crippen LogP contribution in [0.3, 0.4) is 0 Å². The molecule has 21 heavy (non-hydrogen) atoms. The fraction of sp³-hybridized carbons (Fsp3) is 0.471. The molecule has 1 fully saturated rings. The van der Waals surface area contributed by atoms with Gasteiger partial charge in [-0.2, -0.15) is 0 Å². The lowest BCUT2D eigenvalue weighted by Crippen LogP contribution is -2.40. The van der Waals surface area contributed by atoms with Crippen LogP contribution in [0.1, 0.15) is 44.0 Å². The Morgan fingerprint density at radius 2 is 2.14 bits per heavy atom. The molecule has 4 heteroatoms. The molecule has 0 spiro atoms. The second-order valence-electron chi connectivity index (χ2n) is 6.06. The standard InChI is InChI=1S/C17H21BrN2S/c1-2-12-6-8-17(19,9-7-12)16-20-15(11-21-16)13-4-3-5-14(18)10-13/h3-5,10-12H,2,6-9,19H2,1H3. The monoisotopic (exact) mass is 364 g/mol. The SMILES string of the molecule is CCC1CCC(N)(c2nc(-c3cccc(Br)c3)cs2)CC1. The average molecular weight is 365 g/mol. The maximum atomic E-state index is 6.66. The number of nitrogens with zero attached hydrogens (tertiary/aromatic N) is 1. The largest absolute Gasteiger partial charge is 0.319 e. The van der Waals surface area contributed by atoms with Gasteiger partial charge >= 0.3 is 0 Å². The number of halogens is 1. The molecule has 112 valence electrons. The van der Waals surface area contributed by atoms with Crippen LogP contribution in [0.5, 0.6) is 0 Å². The van der Waals surface area contributed by atoms with Gasteiger partial charge in [-0.3, -0.25) is 0 Å². The lowest BCUT2D eigenvalue weighted by Gasteiger charge is -2.35. The molecule has 0 amide bonds. The van der Waals surface area contributed by atoms with Crippen molar-refractivity contribution in [2.75, 3.05) is 0 Å². The Kier molecular flexibility index (Phi) is 4.48. The first-order valence-corrected chi connectivity index (χ1v) is 9.29. The first kappa shape index (κ1) is 15.2. The van der Waals surface area contributed by atoms with E-state index in [-0.39, 0.29) is 5.54 Å². The summed E-state index contributed by atoms with van der Waals surface area (Å²) < 4.78 is 1.08. The molecule has 0 radical (unpaired) electrons. The van der Waals surface area contributed by atoms with Gasteiger partial charge in [-0.25, -0.2) is 4.98 Å². The van der Waals surface area contributed by atoms with Crippen LogP contribution < -0.4 is 5.73 Å². The third-order valence-electron chi connectivity index (χ3n) is 4.63. The Hall–Kier alpha value is -0.710. The molecule has 0 unspecified atom stereocenters. The second kappa shape index (κ2) is 6.19. The minimum Gasteiger partial charge on any atom is -0.319 e. The van der Waals surface area contributed by atoms with Gasteiger partial charge in [0, 0.05) is 15.4 Å². The predicted octanol–water partition coefficient (Wildman–Crippen LogP) is 5.33. The van der Waals surface area contributed by atoms with Crippen LogP contribution in [0.2, 0.25) is 0 Å². The van der Waals surface area contributed by atoms with E-state index in [0.29, 0.717) is 0 Å². The molecule has 1 aliphatic carbocycles. The van der Waals surface area contributed by atoms with Gasteiger partial charge < -0.3 is 5.73 Å². The van der Waals surface area contributed by atoms with Gasteiger partial charge in [0.15, 0.2) is 0 Å². The van der Waals surface area contributed by atoms with Crippen LogP contribution in [0.15, 0.2) is 34.1 Å². The zero-order valence-electron chi connectivity index (χ0n) is 12.3. The highest BCUT2D eigenvalue weighted by atomic mass is 79.9. The normalized spacial score (nSPS) is 26.0. The van der Waals surface area contributed by atoms with Gasteiger partial charge in [0.05, 0.1) is 11.2 Å². The van der Waals surface area contributed by atoms with Crippen molar-refractivity contribution in [3.63, 3.8) is 0 Å². The maximum absolute atomic E-state index is 6.66. The molecule has 0 atom stereocenters. The molecule has 3 rings (SSSR count). The van der Waals surface area contributed by atoms with Gasteiger partial charge in [0.25, 0.3) is 0 Å². The van der Waals surface area contributed by atoms with E-state index >= 15 is 0 Å². The van der Waals surface area contributed by atoms with Crippen molar-refractivity contribution in [1.82, 2.24) is 4.98 Å². The van der Waals surface area contributed by atoms with Crippen LogP contribution in [0.25, 0.3) is 11.3 Å². The van der Waals surface area contributed by atoms with Crippen molar-refractivity contribution in [3.05, 3.63) is 39.1 Å². The van der Waals surface area contributed by atoms with Gasteiger partial charge in [-0.05, 0) is 43.7 Å². The number of benzene rings is 1. The molecule has 0 aliphatic heterocycles. The lowest BCUT2D eigenvalue weighted by molar-refractivity contribution is 0.231. The molecule has 2 N–H and O–H groups in total. The van der Waals surface area contributed by atoms with Crippen LogP contribution in [-0.2, 0) is 5.54 Å². The highest BCUT2D eigenvalue weighted by molar-refractivity contribution is 9.10. The Balaban J connectivity index is 1.82. The van der Waals surface area contributed by atoms with Crippen molar-refractivity contribution in [1.29, 1.82) is 0 Å². The van der Waals surface area contributed by atoms with Crippen molar-refractivity contribution in [2.45, 2.75) is 44.6 Å². The second-order valence-corrected chi connectivity index (χ2v) is 7.83. The highest BCUT2D eigenvalue weighted by Crippen LogP contribution is 2.40. The Bertz CT molecular complexity index is 615. The number of hydrogen-bond donors (Lipinski definition) is 1. The summed E-state index contributed by atoms with van der Waals surface area (Å²) in [4.78, 5) is 4.84. The Morgan fingerprint density at radius 3 is 2.81 bits per heavy atom. The van der Waals surface area contributed by atoms with E-state index in [0.717, 1.165) is 39.5 Å². The molecule has 1 aliphatic rings. The van der Waals surface area contributed by atoms with E-state index in [1.807, 2.05) is 12.1 Å². The summed E-state index contributed by atoms with van der Waals surface area (Å²) in [5, 5.41) is 3.24. The number of rotatable bonds is 3. The summed E-state index contributed by atoms with van der Waals surface area (Å²) in [6.45, 7) is 2.28. The summed E-state index contributed by atoms with van der Waals surface area (Å²) in [7, 11) is 0. The first-order chi connectivity index (χ1) is 10.1. The lowest BCUT2D eigenvalue weighted by atomic mass is 9.76. The highest BCUT2D eigenvalue weighted by Gasteiger charge is 2.35. The van der Waals surface area contributed by atoms with Crippen molar-refractivity contribution >= 4 is 27.3 Å². The molecule has 1 heterocycles. The van der Waals surface area contributed by atoms with Gasteiger partial charge in [0.1, 0.15) is 5.01 Å². The third kappa shape index (κ3) is 3.22. The molecular formula is C17H21BrN2S. The molecule has 0 bridgehead atoms. The summed E-state index contributed by atoms with van der Waals surface area (Å²) in [6, 6.07) is 8.28. The molecule has 0 saturated heterocycles. The zero-order valence-corrected chi connectivity index (χ0v) is 14.7. The molecule has 2 aromatic rings. The molecule has 1 aromatic heterocycles. The average Bonchev–Trinajstić information content (AvgIpc) is 2.99. The van der Waals surface area contributed by atoms with Crippen molar-refractivity contribution < 1.29 is 0 Å². The van der Waals surface area contributed by atoms with Gasteiger partial charge in [-0.1, -0.05) is 41.4 Å². The van der Waals surface area contributed by atoms with E-state index in [9.17, 15) is 0 Å². The van der Waals surface area contributed by atoms with E-state index in [1.54, 1.807) is 11.3 Å². The number of nitrogens with two attached hydrogens (primary N) is 1. The summed E-state index contributed by atoms with van der Waals surface area (Å²) in [5.41, 5.74) is 8.64. The minimum absolute atomic E-state index is 0.208. The summed E-state index contributed by atoms with van der Waals surface area (Å²) >= 11 is 5.23. The summed E-state index contributed by atoms with van der Waals surface area (Å²) in [5.74, 6) is 0.853. The number of thiazole rings is 1. The molecular weight excluding hydrogens is 344 g/mol. The van der Waals surface area contributed by atoms with Crippen molar-refractivity contribution in [3.8, 4) is 11.3 Å². The zero-order chi connectivity index (χ0) is 14.9. The van der Waals surface area contributed by atoms with E-state index in [1.165, 1.54) is 19.3 Å². The molecule has 1 aromatic carbocycles.